The van der Waals surface area contributed by atoms with Gasteiger partial charge in [-0.25, -0.2) is 4.79 Å². The lowest BCUT2D eigenvalue weighted by atomic mass is 9.81. The SMILES string of the molecule is COC(=O)C1=CO[C@H](O)[C@H]2[C@@H]1[C@H](O)[C@@H]1O[C@]21C. The van der Waals surface area contributed by atoms with Crippen molar-refractivity contribution in [3.05, 3.63) is 11.8 Å². The van der Waals surface area contributed by atoms with Gasteiger partial charge in [0.1, 0.15) is 11.7 Å². The van der Waals surface area contributed by atoms with Crippen molar-refractivity contribution in [3.8, 4) is 0 Å². The summed E-state index contributed by atoms with van der Waals surface area (Å²) < 4.78 is 15.1. The molecule has 6 heteroatoms. The Balaban J connectivity index is 1.98. The maximum atomic E-state index is 11.6. The molecular weight excluding hydrogens is 228 g/mol. The van der Waals surface area contributed by atoms with Gasteiger partial charge < -0.3 is 24.4 Å². The smallest absolute Gasteiger partial charge is 0.337 e. The Bertz CT molecular complexity index is 405. The molecule has 2 heterocycles. The first-order valence-electron chi connectivity index (χ1n) is 5.48. The van der Waals surface area contributed by atoms with Gasteiger partial charge in [-0.2, -0.15) is 0 Å². The number of ether oxygens (including phenoxy) is 3. The van der Waals surface area contributed by atoms with Crippen LogP contribution >= 0.6 is 0 Å². The van der Waals surface area contributed by atoms with E-state index >= 15 is 0 Å². The van der Waals surface area contributed by atoms with Gasteiger partial charge in [0.15, 0.2) is 0 Å². The van der Waals surface area contributed by atoms with Crippen LogP contribution in [0.25, 0.3) is 0 Å². The Morgan fingerprint density at radius 3 is 2.88 bits per heavy atom. The molecule has 0 bridgehead atoms. The van der Waals surface area contributed by atoms with E-state index in [2.05, 4.69) is 4.74 Å². The fraction of sp³-hybridized carbons (Fsp3) is 0.727. The van der Waals surface area contributed by atoms with E-state index in [1.54, 1.807) is 6.92 Å². The van der Waals surface area contributed by atoms with E-state index in [0.29, 0.717) is 0 Å². The molecule has 3 rings (SSSR count). The summed E-state index contributed by atoms with van der Waals surface area (Å²) in [7, 11) is 1.27. The topological polar surface area (TPSA) is 88.5 Å². The van der Waals surface area contributed by atoms with Crippen molar-refractivity contribution >= 4 is 5.97 Å². The van der Waals surface area contributed by atoms with Gasteiger partial charge in [0, 0.05) is 5.92 Å². The number of methoxy groups -OCH3 is 1. The van der Waals surface area contributed by atoms with E-state index in [-0.39, 0.29) is 11.7 Å². The molecular formula is C11H14O6. The van der Waals surface area contributed by atoms with Crippen molar-refractivity contribution in [3.63, 3.8) is 0 Å². The average molecular weight is 242 g/mol. The first-order valence-corrected chi connectivity index (χ1v) is 5.48. The van der Waals surface area contributed by atoms with Crippen LogP contribution in [-0.2, 0) is 19.0 Å². The van der Waals surface area contributed by atoms with Crippen molar-refractivity contribution in [2.24, 2.45) is 11.8 Å². The number of carbonyl (C=O) groups is 1. The van der Waals surface area contributed by atoms with Gasteiger partial charge in [0.05, 0.1) is 31.0 Å². The second-order valence-electron chi connectivity index (χ2n) is 4.86. The molecule has 1 saturated carbocycles. The quantitative estimate of drug-likeness (QED) is 0.460. The molecule has 1 aliphatic carbocycles. The van der Waals surface area contributed by atoms with Crippen LogP contribution < -0.4 is 0 Å². The summed E-state index contributed by atoms with van der Waals surface area (Å²) in [5.41, 5.74) is -0.357. The van der Waals surface area contributed by atoms with Crippen molar-refractivity contribution in [2.45, 2.75) is 31.0 Å². The second kappa shape index (κ2) is 3.22. The molecule has 3 aliphatic rings. The molecule has 0 spiro atoms. The van der Waals surface area contributed by atoms with E-state index in [9.17, 15) is 15.0 Å². The highest BCUT2D eigenvalue weighted by Gasteiger charge is 2.74. The molecule has 2 aliphatic heterocycles. The fourth-order valence-electron chi connectivity index (χ4n) is 3.12. The third-order valence-corrected chi connectivity index (χ3v) is 4.04. The Kier molecular flexibility index (Phi) is 2.08. The zero-order chi connectivity index (χ0) is 12.4. The summed E-state index contributed by atoms with van der Waals surface area (Å²) in [6.45, 7) is 1.80. The van der Waals surface area contributed by atoms with Crippen molar-refractivity contribution < 1.29 is 29.2 Å². The molecule has 17 heavy (non-hydrogen) atoms. The number of epoxide rings is 1. The number of rotatable bonds is 1. The number of aliphatic hydroxyl groups is 2. The molecule has 0 aromatic heterocycles. The highest BCUT2D eigenvalue weighted by atomic mass is 16.6. The molecule has 0 unspecified atom stereocenters. The molecule has 94 valence electrons. The lowest BCUT2D eigenvalue weighted by Gasteiger charge is -2.34. The monoisotopic (exact) mass is 242 g/mol. The van der Waals surface area contributed by atoms with Crippen LogP contribution in [0, 0.1) is 11.8 Å². The minimum atomic E-state index is -1.07. The molecule has 6 atom stereocenters. The van der Waals surface area contributed by atoms with Gasteiger partial charge >= 0.3 is 5.97 Å². The van der Waals surface area contributed by atoms with Gasteiger partial charge in [0.2, 0.25) is 6.29 Å². The van der Waals surface area contributed by atoms with Crippen LogP contribution in [0.3, 0.4) is 0 Å². The standard InChI is InChI=1S/C11H14O6/c1-11-6-5(7(12)8(11)17-11)4(9(13)15-2)3-16-10(6)14/h3,5-8,10,12,14H,1-2H3/t5-,6-,7+,8+,10+,11-/m1/s1. The number of carbonyl (C=O) groups excluding carboxylic acids is 1. The summed E-state index contributed by atoms with van der Waals surface area (Å²) in [6, 6.07) is 0. The van der Waals surface area contributed by atoms with Gasteiger partial charge in [-0.3, -0.25) is 0 Å². The molecule has 0 amide bonds. The Hall–Kier alpha value is -1.11. The Labute approximate surface area is 97.8 Å². The lowest BCUT2D eigenvalue weighted by Crippen LogP contribution is -2.43. The van der Waals surface area contributed by atoms with Crippen LogP contribution in [0.4, 0.5) is 0 Å². The van der Waals surface area contributed by atoms with Crippen LogP contribution in [0.2, 0.25) is 0 Å². The fourth-order valence-corrected chi connectivity index (χ4v) is 3.12. The number of hydrogen-bond acceptors (Lipinski definition) is 6. The Morgan fingerprint density at radius 2 is 2.24 bits per heavy atom. The summed E-state index contributed by atoms with van der Waals surface area (Å²) >= 11 is 0. The number of hydrogen-bond donors (Lipinski definition) is 2. The second-order valence-corrected chi connectivity index (χ2v) is 4.86. The van der Waals surface area contributed by atoms with E-state index in [1.165, 1.54) is 13.4 Å². The highest BCUT2D eigenvalue weighted by molar-refractivity contribution is 5.89. The van der Waals surface area contributed by atoms with Gasteiger partial charge in [-0.1, -0.05) is 0 Å². The van der Waals surface area contributed by atoms with Gasteiger partial charge in [0.25, 0.3) is 0 Å². The van der Waals surface area contributed by atoms with E-state index in [4.69, 9.17) is 9.47 Å². The number of esters is 1. The maximum Gasteiger partial charge on any atom is 0.337 e. The zero-order valence-corrected chi connectivity index (χ0v) is 9.49. The summed E-state index contributed by atoms with van der Waals surface area (Å²) in [4.78, 5) is 11.6. The Morgan fingerprint density at radius 1 is 1.53 bits per heavy atom. The summed E-state index contributed by atoms with van der Waals surface area (Å²) in [5.74, 6) is -1.48. The number of aliphatic hydroxyl groups excluding tert-OH is 2. The minimum Gasteiger partial charge on any atom is -0.472 e. The maximum absolute atomic E-state index is 11.6. The molecule has 1 saturated heterocycles. The normalized spacial score (nSPS) is 50.8. The minimum absolute atomic E-state index is 0.257. The molecule has 2 N–H and O–H groups in total. The van der Waals surface area contributed by atoms with Crippen molar-refractivity contribution in [1.82, 2.24) is 0 Å². The third-order valence-electron chi connectivity index (χ3n) is 4.04. The molecule has 2 fully saturated rings. The third kappa shape index (κ3) is 1.23. The molecule has 0 radical (unpaired) electrons. The predicted octanol–water partition coefficient (Wildman–Crippen LogP) is -0.844. The first kappa shape index (κ1) is 11.0. The molecule has 0 aromatic carbocycles. The van der Waals surface area contributed by atoms with E-state index in [1.807, 2.05) is 0 Å². The summed E-state index contributed by atoms with van der Waals surface area (Å²) in [5, 5.41) is 19.9. The largest absolute Gasteiger partial charge is 0.472 e. The zero-order valence-electron chi connectivity index (χ0n) is 9.49. The van der Waals surface area contributed by atoms with E-state index < -0.39 is 35.8 Å². The van der Waals surface area contributed by atoms with Gasteiger partial charge in [-0.15, -0.1) is 0 Å². The van der Waals surface area contributed by atoms with E-state index in [0.717, 1.165) is 0 Å². The van der Waals surface area contributed by atoms with Crippen molar-refractivity contribution in [1.29, 1.82) is 0 Å². The van der Waals surface area contributed by atoms with Crippen LogP contribution in [-0.4, -0.2) is 47.4 Å². The van der Waals surface area contributed by atoms with Crippen molar-refractivity contribution in [2.75, 3.05) is 7.11 Å². The molecule has 0 aromatic rings. The van der Waals surface area contributed by atoms with Crippen LogP contribution in [0.1, 0.15) is 6.92 Å². The van der Waals surface area contributed by atoms with Crippen LogP contribution in [0.15, 0.2) is 11.8 Å². The average Bonchev–Trinajstić information content (AvgIpc) is 2.94. The van der Waals surface area contributed by atoms with Gasteiger partial charge in [-0.05, 0) is 6.92 Å². The highest BCUT2D eigenvalue weighted by Crippen LogP contribution is 2.60. The number of fused-ring (bicyclic) bond motifs is 3. The summed E-state index contributed by atoms with van der Waals surface area (Å²) in [6.07, 6.45) is -1.05. The molecule has 6 nitrogen and oxygen atoms in total. The lowest BCUT2D eigenvalue weighted by molar-refractivity contribution is -0.157. The van der Waals surface area contributed by atoms with Crippen LogP contribution in [0.5, 0.6) is 0 Å². The predicted molar refractivity (Wildman–Crippen MR) is 53.5 cm³/mol. The first-order chi connectivity index (χ1) is 8.00.